The number of benzene rings is 1. The molecule has 28 heavy (non-hydrogen) atoms. The summed E-state index contributed by atoms with van der Waals surface area (Å²) >= 11 is 1.40. The van der Waals surface area contributed by atoms with Crippen LogP contribution in [0.15, 0.2) is 38.9 Å². The summed E-state index contributed by atoms with van der Waals surface area (Å²) in [5, 5.41) is 0.804. The highest BCUT2D eigenvalue weighted by Gasteiger charge is 2.20. The van der Waals surface area contributed by atoms with Crippen molar-refractivity contribution in [2.75, 3.05) is 0 Å². The molecule has 0 spiro atoms. The topological polar surface area (TPSA) is 69.8 Å². The van der Waals surface area contributed by atoms with E-state index in [1.165, 1.54) is 30.9 Å². The molecule has 0 N–H and O–H groups in total. The average molecular weight is 402 g/mol. The molecule has 8 heteroatoms. The van der Waals surface area contributed by atoms with Gasteiger partial charge >= 0.3 is 5.69 Å². The molecule has 1 aromatic carbocycles. The van der Waals surface area contributed by atoms with E-state index in [2.05, 4.69) is 9.97 Å². The number of thioether (sulfide) groups is 1. The van der Waals surface area contributed by atoms with E-state index in [4.69, 9.17) is 0 Å². The predicted octanol–water partition coefficient (Wildman–Crippen LogP) is 3.45. The Morgan fingerprint density at radius 2 is 1.75 bits per heavy atom. The van der Waals surface area contributed by atoms with Crippen molar-refractivity contribution in [2.24, 2.45) is 13.0 Å². The van der Waals surface area contributed by atoms with Gasteiger partial charge in [0.2, 0.25) is 0 Å². The van der Waals surface area contributed by atoms with Crippen LogP contribution in [-0.2, 0) is 13.6 Å². The molecule has 0 radical (unpaired) electrons. The Morgan fingerprint density at radius 1 is 1.11 bits per heavy atom. The van der Waals surface area contributed by atoms with Crippen molar-refractivity contribution >= 4 is 22.8 Å². The fraction of sp³-hybridized carbons (Fsp3) is 0.400. The lowest BCUT2D eigenvalue weighted by Crippen LogP contribution is -2.39. The molecule has 0 aliphatic heterocycles. The third-order valence-corrected chi connectivity index (χ3v) is 5.58. The Bertz CT molecular complexity index is 1140. The Balaban J connectivity index is 2.20. The first-order valence-corrected chi connectivity index (χ1v) is 9.97. The summed E-state index contributed by atoms with van der Waals surface area (Å²) in [7, 11) is 1.47. The van der Waals surface area contributed by atoms with Crippen LogP contribution < -0.4 is 11.2 Å². The van der Waals surface area contributed by atoms with Crippen molar-refractivity contribution < 1.29 is 4.39 Å². The Morgan fingerprint density at radius 3 is 2.36 bits per heavy atom. The van der Waals surface area contributed by atoms with E-state index in [1.54, 1.807) is 23.6 Å². The van der Waals surface area contributed by atoms with Crippen LogP contribution in [0.2, 0.25) is 0 Å². The molecular weight excluding hydrogens is 379 g/mol. The fourth-order valence-electron chi connectivity index (χ4n) is 3.03. The molecule has 0 bridgehead atoms. The Hall–Kier alpha value is -2.48. The molecule has 0 aliphatic rings. The lowest BCUT2D eigenvalue weighted by molar-refractivity contribution is 0.498. The number of fused-ring (bicyclic) bond motifs is 1. The molecule has 3 rings (SSSR count). The van der Waals surface area contributed by atoms with Gasteiger partial charge in [0.05, 0.1) is 0 Å². The Kier molecular flexibility index (Phi) is 5.69. The van der Waals surface area contributed by atoms with Crippen molar-refractivity contribution in [1.82, 2.24) is 19.1 Å². The number of rotatable bonds is 5. The van der Waals surface area contributed by atoms with Gasteiger partial charge in [-0.05, 0) is 37.5 Å². The van der Waals surface area contributed by atoms with Gasteiger partial charge in [-0.15, -0.1) is 0 Å². The molecule has 0 saturated heterocycles. The smallest absolute Gasteiger partial charge is 0.277 e. The largest absolute Gasteiger partial charge is 0.332 e. The summed E-state index contributed by atoms with van der Waals surface area (Å²) in [5.41, 5.74) is 0.492. The fourth-order valence-corrected chi connectivity index (χ4v) is 4.13. The van der Waals surface area contributed by atoms with E-state index in [0.29, 0.717) is 28.4 Å². The normalized spacial score (nSPS) is 12.7. The maximum Gasteiger partial charge on any atom is 0.332 e. The first kappa shape index (κ1) is 20.3. The zero-order valence-corrected chi connectivity index (χ0v) is 17.4. The van der Waals surface area contributed by atoms with Crippen LogP contribution in [0, 0.1) is 18.7 Å². The van der Waals surface area contributed by atoms with Crippen molar-refractivity contribution in [3.05, 3.63) is 62.3 Å². The van der Waals surface area contributed by atoms with Crippen molar-refractivity contribution in [3.63, 3.8) is 0 Å². The molecule has 2 aromatic heterocycles. The number of halogens is 1. The van der Waals surface area contributed by atoms with Crippen LogP contribution in [-0.4, -0.2) is 19.1 Å². The maximum atomic E-state index is 13.2. The van der Waals surface area contributed by atoms with E-state index in [9.17, 15) is 14.0 Å². The molecule has 0 saturated carbocycles. The van der Waals surface area contributed by atoms with Gasteiger partial charge in [0, 0.05) is 18.8 Å². The van der Waals surface area contributed by atoms with Crippen LogP contribution in [0.4, 0.5) is 4.39 Å². The monoisotopic (exact) mass is 402 g/mol. The molecule has 1 atom stereocenters. The SMILES string of the molecule is Cc1nc(S[C@H](C)c2ccc(F)cc2)c2c(=O)n(C)c(=O)n(CC(C)C)c2n1. The standard InChI is InChI=1S/C20H23FN4O2S/c1-11(2)10-25-17-16(19(26)24(5)20(25)27)18(23-13(4)22-17)28-12(3)14-6-8-15(21)9-7-14/h6-9,11-12H,10H2,1-5H3/t12-/m1/s1. The van der Waals surface area contributed by atoms with Crippen molar-refractivity contribution in [1.29, 1.82) is 0 Å². The van der Waals surface area contributed by atoms with Gasteiger partial charge in [-0.1, -0.05) is 37.7 Å². The molecule has 148 valence electrons. The minimum Gasteiger partial charge on any atom is -0.277 e. The zero-order chi connectivity index (χ0) is 20.6. The zero-order valence-electron chi connectivity index (χ0n) is 16.6. The summed E-state index contributed by atoms with van der Waals surface area (Å²) < 4.78 is 15.9. The molecule has 3 aromatic rings. The van der Waals surface area contributed by atoms with E-state index in [-0.39, 0.29) is 22.7 Å². The van der Waals surface area contributed by atoms with Gasteiger partial charge in [0.25, 0.3) is 5.56 Å². The second-order valence-electron chi connectivity index (χ2n) is 7.24. The first-order chi connectivity index (χ1) is 13.2. The minimum absolute atomic E-state index is 0.0618. The summed E-state index contributed by atoms with van der Waals surface area (Å²) in [5.74, 6) is 0.408. The van der Waals surface area contributed by atoms with Gasteiger partial charge < -0.3 is 0 Å². The minimum atomic E-state index is -0.409. The van der Waals surface area contributed by atoms with E-state index >= 15 is 0 Å². The second kappa shape index (κ2) is 7.87. The average Bonchev–Trinajstić information content (AvgIpc) is 2.63. The van der Waals surface area contributed by atoms with Crippen LogP contribution in [0.1, 0.15) is 37.4 Å². The molecule has 0 aliphatic carbocycles. The van der Waals surface area contributed by atoms with Gasteiger partial charge in [0.1, 0.15) is 22.1 Å². The van der Waals surface area contributed by atoms with Crippen LogP contribution in [0.25, 0.3) is 11.0 Å². The predicted molar refractivity (Wildman–Crippen MR) is 109 cm³/mol. The van der Waals surface area contributed by atoms with Gasteiger partial charge in [0.15, 0.2) is 5.65 Å². The highest BCUT2D eigenvalue weighted by Crippen LogP contribution is 2.36. The molecule has 0 unspecified atom stereocenters. The number of nitrogens with zero attached hydrogens (tertiary/aromatic N) is 4. The lowest BCUT2D eigenvalue weighted by Gasteiger charge is -2.17. The number of aromatic nitrogens is 4. The van der Waals surface area contributed by atoms with Gasteiger partial charge in [-0.3, -0.25) is 13.9 Å². The number of hydrogen-bond donors (Lipinski definition) is 0. The van der Waals surface area contributed by atoms with Crippen LogP contribution in [0.3, 0.4) is 0 Å². The highest BCUT2D eigenvalue weighted by molar-refractivity contribution is 7.99. The molecule has 0 fully saturated rings. The van der Waals surface area contributed by atoms with E-state index in [1.807, 2.05) is 20.8 Å². The summed E-state index contributed by atoms with van der Waals surface area (Å²) in [6, 6.07) is 6.26. The Labute approximate surface area is 166 Å². The van der Waals surface area contributed by atoms with E-state index in [0.717, 1.165) is 10.1 Å². The second-order valence-corrected chi connectivity index (χ2v) is 8.57. The first-order valence-electron chi connectivity index (χ1n) is 9.09. The maximum absolute atomic E-state index is 13.2. The summed E-state index contributed by atoms with van der Waals surface area (Å²) in [6.07, 6.45) is 0. The van der Waals surface area contributed by atoms with E-state index < -0.39 is 5.56 Å². The molecule has 6 nitrogen and oxygen atoms in total. The van der Waals surface area contributed by atoms with Gasteiger partial charge in [-0.25, -0.2) is 19.2 Å². The third-order valence-electron chi connectivity index (χ3n) is 4.44. The molecule has 2 heterocycles. The van der Waals surface area contributed by atoms with Crippen molar-refractivity contribution in [2.45, 2.75) is 44.5 Å². The van der Waals surface area contributed by atoms with Crippen LogP contribution in [0.5, 0.6) is 0 Å². The summed E-state index contributed by atoms with van der Waals surface area (Å²) in [4.78, 5) is 34.5. The highest BCUT2D eigenvalue weighted by atomic mass is 32.2. The van der Waals surface area contributed by atoms with Gasteiger partial charge in [-0.2, -0.15) is 0 Å². The number of hydrogen-bond acceptors (Lipinski definition) is 5. The molecular formula is C20H23FN4O2S. The number of aryl methyl sites for hydroxylation is 1. The lowest BCUT2D eigenvalue weighted by atomic mass is 10.2. The summed E-state index contributed by atoms with van der Waals surface area (Å²) in [6.45, 7) is 8.18. The molecule has 0 amide bonds. The quantitative estimate of drug-likeness (QED) is 0.483. The third kappa shape index (κ3) is 3.87. The van der Waals surface area contributed by atoms with Crippen LogP contribution >= 0.6 is 11.8 Å². The van der Waals surface area contributed by atoms with Crippen molar-refractivity contribution in [3.8, 4) is 0 Å².